The van der Waals surface area contributed by atoms with Crippen molar-refractivity contribution in [2.24, 2.45) is 0 Å². The molecule has 1 atom stereocenters. The summed E-state index contributed by atoms with van der Waals surface area (Å²) in [6.45, 7) is 1.78. The number of nitrogens with one attached hydrogen (secondary N) is 2. The van der Waals surface area contributed by atoms with E-state index >= 15 is 0 Å². The van der Waals surface area contributed by atoms with Gasteiger partial charge in [-0.1, -0.05) is 42.5 Å². The number of hydrogen-bond donors (Lipinski definition) is 2. The van der Waals surface area contributed by atoms with Crippen molar-refractivity contribution in [1.29, 1.82) is 0 Å². The summed E-state index contributed by atoms with van der Waals surface area (Å²) in [6.07, 6.45) is -3.70. The highest BCUT2D eigenvalue weighted by atomic mass is 32.2. The smallest absolute Gasteiger partial charge is 0.322 e. The van der Waals surface area contributed by atoms with Crippen LogP contribution in [0, 0.1) is 12.7 Å². The van der Waals surface area contributed by atoms with Crippen LogP contribution in [0.15, 0.2) is 89.8 Å². The first-order chi connectivity index (χ1) is 18.9. The van der Waals surface area contributed by atoms with Crippen LogP contribution in [0.3, 0.4) is 0 Å². The van der Waals surface area contributed by atoms with Crippen LogP contribution in [0.1, 0.15) is 32.6 Å². The number of aryl methyl sites for hydroxylation is 1. The van der Waals surface area contributed by atoms with Gasteiger partial charge in [-0.05, 0) is 90.0 Å². The monoisotopic (exact) mass is 568 g/mol. The maximum atomic E-state index is 14.1. The molecule has 1 amide bonds. The molecule has 0 aromatic heterocycles. The highest BCUT2D eigenvalue weighted by molar-refractivity contribution is 7.89. The van der Waals surface area contributed by atoms with Gasteiger partial charge in [0.05, 0.1) is 5.56 Å². The van der Waals surface area contributed by atoms with Crippen LogP contribution in [0.2, 0.25) is 0 Å². The Kier molecular flexibility index (Phi) is 7.24. The third-order valence-electron chi connectivity index (χ3n) is 6.86. The molecule has 0 saturated heterocycles. The minimum Gasteiger partial charge on any atom is -0.322 e. The zero-order valence-electron chi connectivity index (χ0n) is 21.2. The van der Waals surface area contributed by atoms with Gasteiger partial charge >= 0.3 is 6.18 Å². The van der Waals surface area contributed by atoms with Crippen molar-refractivity contribution in [2.45, 2.75) is 36.9 Å². The predicted molar refractivity (Wildman–Crippen MR) is 144 cm³/mol. The van der Waals surface area contributed by atoms with E-state index in [1.807, 2.05) is 0 Å². The Morgan fingerprint density at radius 3 is 2.27 bits per heavy atom. The van der Waals surface area contributed by atoms with Crippen LogP contribution in [0.5, 0.6) is 0 Å². The number of alkyl halides is 3. The standard InChI is InChI=1S/C30H24F4N2O3S/c1-18-5-4-6-25(28(18)19-9-12-22(13-10-19)30(32,33)34)29(37)35-23-14-11-20-15-24(17-21(20)16-23)36-40(38,39)27-8-3-2-7-26(27)31/h2-14,16,24,36H,15,17H2,1H3,(H,35,37). The number of halogens is 4. The van der Waals surface area contributed by atoms with Gasteiger partial charge < -0.3 is 5.32 Å². The van der Waals surface area contributed by atoms with E-state index in [0.29, 0.717) is 35.2 Å². The molecule has 0 radical (unpaired) electrons. The molecule has 1 unspecified atom stereocenters. The lowest BCUT2D eigenvalue weighted by Crippen LogP contribution is -2.35. The number of sulfonamides is 1. The Hall–Kier alpha value is -4.02. The zero-order chi connectivity index (χ0) is 28.7. The molecule has 4 aromatic rings. The van der Waals surface area contributed by atoms with Gasteiger partial charge in [0, 0.05) is 17.3 Å². The van der Waals surface area contributed by atoms with Crippen LogP contribution < -0.4 is 10.0 Å². The number of hydrogen-bond acceptors (Lipinski definition) is 3. The highest BCUT2D eigenvalue weighted by Crippen LogP contribution is 2.34. The Bertz CT molecular complexity index is 1700. The van der Waals surface area contributed by atoms with Crippen molar-refractivity contribution >= 4 is 21.6 Å². The molecule has 1 aliphatic rings. The maximum Gasteiger partial charge on any atom is 0.416 e. The van der Waals surface area contributed by atoms with E-state index in [1.54, 1.807) is 43.3 Å². The van der Waals surface area contributed by atoms with E-state index in [-0.39, 0.29) is 0 Å². The van der Waals surface area contributed by atoms with Crippen molar-refractivity contribution in [2.75, 3.05) is 5.32 Å². The predicted octanol–water partition coefficient (Wildman–Crippen LogP) is 6.52. The Morgan fingerprint density at radius 2 is 1.57 bits per heavy atom. The first-order valence-electron chi connectivity index (χ1n) is 12.4. The average molecular weight is 569 g/mol. The van der Waals surface area contributed by atoms with Crippen molar-refractivity contribution in [3.05, 3.63) is 119 Å². The number of amides is 1. The first-order valence-corrected chi connectivity index (χ1v) is 13.9. The minimum atomic E-state index is -4.46. The summed E-state index contributed by atoms with van der Waals surface area (Å²) in [5, 5.41) is 2.85. The molecule has 206 valence electrons. The third-order valence-corrected chi connectivity index (χ3v) is 8.42. The van der Waals surface area contributed by atoms with E-state index in [0.717, 1.165) is 34.9 Å². The van der Waals surface area contributed by atoms with Gasteiger partial charge in [-0.2, -0.15) is 13.2 Å². The molecule has 5 nitrogen and oxygen atoms in total. The van der Waals surface area contributed by atoms with Crippen LogP contribution >= 0.6 is 0 Å². The molecule has 2 N–H and O–H groups in total. The molecular formula is C30H24F4N2O3S. The van der Waals surface area contributed by atoms with Gasteiger partial charge in [0.25, 0.3) is 5.91 Å². The van der Waals surface area contributed by atoms with E-state index < -0.39 is 44.4 Å². The van der Waals surface area contributed by atoms with Gasteiger partial charge in [0.15, 0.2) is 0 Å². The van der Waals surface area contributed by atoms with E-state index in [4.69, 9.17) is 0 Å². The molecule has 5 rings (SSSR count). The van der Waals surface area contributed by atoms with E-state index in [9.17, 15) is 30.8 Å². The molecule has 0 saturated carbocycles. The largest absolute Gasteiger partial charge is 0.416 e. The number of rotatable bonds is 6. The molecule has 1 aliphatic carbocycles. The lowest BCUT2D eigenvalue weighted by molar-refractivity contribution is -0.137. The number of anilines is 1. The lowest BCUT2D eigenvalue weighted by Gasteiger charge is -2.15. The molecule has 10 heteroatoms. The molecule has 0 fully saturated rings. The van der Waals surface area contributed by atoms with Gasteiger partial charge in [0.2, 0.25) is 10.0 Å². The first kappa shape index (κ1) is 27.5. The SMILES string of the molecule is Cc1cccc(C(=O)Nc2ccc3c(c2)CC(NS(=O)(=O)c2ccccc2F)C3)c1-c1ccc(C(F)(F)F)cc1. The summed E-state index contributed by atoms with van der Waals surface area (Å²) >= 11 is 0. The Labute approximate surface area is 228 Å². The van der Waals surface area contributed by atoms with Crippen LogP contribution in [-0.4, -0.2) is 20.4 Å². The normalized spacial score (nSPS) is 15.1. The summed E-state index contributed by atoms with van der Waals surface area (Å²) in [5.41, 5.74) is 3.49. The van der Waals surface area contributed by atoms with Gasteiger partial charge in [0.1, 0.15) is 10.7 Å². The van der Waals surface area contributed by atoms with Crippen molar-refractivity contribution in [3.63, 3.8) is 0 Å². The number of carbonyl (C=O) groups is 1. The summed E-state index contributed by atoms with van der Waals surface area (Å²) < 4.78 is 81.1. The summed E-state index contributed by atoms with van der Waals surface area (Å²) in [4.78, 5) is 12.9. The van der Waals surface area contributed by atoms with Crippen molar-refractivity contribution < 1.29 is 30.8 Å². The third kappa shape index (κ3) is 5.64. The molecule has 40 heavy (non-hydrogen) atoms. The van der Waals surface area contributed by atoms with Crippen molar-refractivity contribution in [3.8, 4) is 11.1 Å². The Balaban J connectivity index is 1.33. The van der Waals surface area contributed by atoms with E-state index in [2.05, 4.69) is 10.0 Å². The molecule has 0 spiro atoms. The van der Waals surface area contributed by atoms with Gasteiger partial charge in [-0.3, -0.25) is 4.79 Å². The van der Waals surface area contributed by atoms with Gasteiger partial charge in [-0.25, -0.2) is 17.5 Å². The van der Waals surface area contributed by atoms with E-state index in [1.165, 1.54) is 30.3 Å². The van der Waals surface area contributed by atoms with Crippen LogP contribution in [0.25, 0.3) is 11.1 Å². The molecular weight excluding hydrogens is 544 g/mol. The van der Waals surface area contributed by atoms with Crippen LogP contribution in [0.4, 0.5) is 23.2 Å². The second-order valence-electron chi connectivity index (χ2n) is 9.67. The Morgan fingerprint density at radius 1 is 0.875 bits per heavy atom. The molecule has 0 bridgehead atoms. The number of benzene rings is 4. The summed E-state index contributed by atoms with van der Waals surface area (Å²) in [7, 11) is -4.06. The fourth-order valence-corrected chi connectivity index (χ4v) is 6.30. The maximum absolute atomic E-state index is 14.1. The molecule has 4 aromatic carbocycles. The number of fused-ring (bicyclic) bond motifs is 1. The fraction of sp³-hybridized carbons (Fsp3) is 0.167. The quantitative estimate of drug-likeness (QED) is 0.260. The summed E-state index contributed by atoms with van der Waals surface area (Å²) in [6, 6.07) is 19.7. The lowest BCUT2D eigenvalue weighted by atomic mass is 9.93. The van der Waals surface area contributed by atoms with Gasteiger partial charge in [-0.15, -0.1) is 0 Å². The zero-order valence-corrected chi connectivity index (χ0v) is 22.0. The topological polar surface area (TPSA) is 75.3 Å². The van der Waals surface area contributed by atoms with Crippen LogP contribution in [-0.2, 0) is 29.0 Å². The second-order valence-corrected chi connectivity index (χ2v) is 11.3. The highest BCUT2D eigenvalue weighted by Gasteiger charge is 2.31. The minimum absolute atomic E-state index is 0.302. The average Bonchev–Trinajstić information content (AvgIpc) is 3.29. The molecule has 0 aliphatic heterocycles. The fourth-order valence-electron chi connectivity index (χ4n) is 4.99. The molecule has 0 heterocycles. The second kappa shape index (κ2) is 10.5. The number of carbonyl (C=O) groups excluding carboxylic acids is 1. The summed E-state index contributed by atoms with van der Waals surface area (Å²) in [5.74, 6) is -1.27. The van der Waals surface area contributed by atoms with Crippen molar-refractivity contribution in [1.82, 2.24) is 4.72 Å².